The van der Waals surface area contributed by atoms with E-state index in [0.717, 1.165) is 17.6 Å². The molecule has 0 heterocycles. The molecule has 0 aliphatic carbocycles. The number of alkyl halides is 1. The minimum absolute atomic E-state index is 0.663. The fourth-order valence-electron chi connectivity index (χ4n) is 1.53. The van der Waals surface area contributed by atoms with Crippen molar-refractivity contribution in [3.63, 3.8) is 0 Å². The maximum absolute atomic E-state index is 3.59. The molecule has 1 unspecified atom stereocenters. The van der Waals surface area contributed by atoms with E-state index in [0.29, 0.717) is 6.04 Å². The Labute approximate surface area is 112 Å². The van der Waals surface area contributed by atoms with Gasteiger partial charge < -0.3 is 5.32 Å². The number of nitrogens with one attached hydrogen (secondary N) is 1. The standard InChI is InChI=1S/C13H20BrNS/c1-2-12(8-9-14)15-10-11-16-13-6-4-3-5-7-13/h3-7,12,15H,2,8-11H2,1H3. The summed E-state index contributed by atoms with van der Waals surface area (Å²) in [5.74, 6) is 1.14. The summed E-state index contributed by atoms with van der Waals surface area (Å²) in [6.07, 6.45) is 2.42. The van der Waals surface area contributed by atoms with Crippen molar-refractivity contribution in [2.24, 2.45) is 0 Å². The van der Waals surface area contributed by atoms with E-state index in [-0.39, 0.29) is 0 Å². The molecule has 0 radical (unpaired) electrons. The first-order valence-electron chi connectivity index (χ1n) is 5.84. The van der Waals surface area contributed by atoms with Crippen molar-refractivity contribution in [1.29, 1.82) is 0 Å². The van der Waals surface area contributed by atoms with Crippen molar-refractivity contribution in [3.8, 4) is 0 Å². The van der Waals surface area contributed by atoms with Gasteiger partial charge in [-0.1, -0.05) is 41.1 Å². The van der Waals surface area contributed by atoms with Crippen LogP contribution in [-0.4, -0.2) is 23.7 Å². The Kier molecular flexibility index (Phi) is 7.99. The molecule has 1 atom stereocenters. The molecule has 0 aliphatic heterocycles. The van der Waals surface area contributed by atoms with E-state index in [9.17, 15) is 0 Å². The highest BCUT2D eigenvalue weighted by atomic mass is 79.9. The van der Waals surface area contributed by atoms with Crippen molar-refractivity contribution in [2.75, 3.05) is 17.6 Å². The second-order valence-corrected chi connectivity index (χ2v) is 5.66. The van der Waals surface area contributed by atoms with Gasteiger partial charge in [0.1, 0.15) is 0 Å². The molecule has 16 heavy (non-hydrogen) atoms. The summed E-state index contributed by atoms with van der Waals surface area (Å²) in [6.45, 7) is 3.33. The lowest BCUT2D eigenvalue weighted by atomic mass is 10.2. The van der Waals surface area contributed by atoms with Gasteiger partial charge in [-0.05, 0) is 25.0 Å². The van der Waals surface area contributed by atoms with Gasteiger partial charge in [0.25, 0.3) is 0 Å². The molecule has 1 aromatic carbocycles. The molecule has 0 amide bonds. The molecule has 1 nitrogen and oxygen atoms in total. The van der Waals surface area contributed by atoms with Crippen LogP contribution in [0.2, 0.25) is 0 Å². The monoisotopic (exact) mass is 301 g/mol. The molecular weight excluding hydrogens is 282 g/mol. The normalized spacial score (nSPS) is 12.6. The van der Waals surface area contributed by atoms with Gasteiger partial charge in [-0.2, -0.15) is 0 Å². The van der Waals surface area contributed by atoms with Crippen molar-refractivity contribution in [2.45, 2.75) is 30.7 Å². The Morgan fingerprint density at radius 2 is 2.06 bits per heavy atom. The Hall–Kier alpha value is 0.0100. The van der Waals surface area contributed by atoms with Crippen LogP contribution in [0.25, 0.3) is 0 Å². The molecule has 3 heteroatoms. The van der Waals surface area contributed by atoms with E-state index in [1.807, 2.05) is 11.8 Å². The summed E-state index contributed by atoms with van der Waals surface area (Å²) in [5.41, 5.74) is 0. The summed E-state index contributed by atoms with van der Waals surface area (Å²) in [4.78, 5) is 1.36. The summed E-state index contributed by atoms with van der Waals surface area (Å²) < 4.78 is 0. The van der Waals surface area contributed by atoms with Gasteiger partial charge in [-0.3, -0.25) is 0 Å². The fourth-order valence-corrected chi connectivity index (χ4v) is 2.89. The van der Waals surface area contributed by atoms with Gasteiger partial charge in [0, 0.05) is 28.6 Å². The van der Waals surface area contributed by atoms with Gasteiger partial charge in [0.2, 0.25) is 0 Å². The first kappa shape index (κ1) is 14.1. The molecule has 90 valence electrons. The van der Waals surface area contributed by atoms with Crippen LogP contribution in [-0.2, 0) is 0 Å². The SMILES string of the molecule is CCC(CCBr)NCCSc1ccccc1. The number of benzene rings is 1. The maximum Gasteiger partial charge on any atom is 0.0106 e. The van der Waals surface area contributed by atoms with Crippen molar-refractivity contribution in [1.82, 2.24) is 5.32 Å². The number of halogens is 1. The van der Waals surface area contributed by atoms with Crippen LogP contribution in [0.3, 0.4) is 0 Å². The van der Waals surface area contributed by atoms with E-state index >= 15 is 0 Å². The van der Waals surface area contributed by atoms with Crippen LogP contribution in [0.1, 0.15) is 19.8 Å². The third kappa shape index (κ3) is 5.92. The minimum atomic E-state index is 0.663. The molecule has 0 saturated carbocycles. The summed E-state index contributed by atoms with van der Waals surface area (Å²) >= 11 is 5.41. The Bertz CT molecular complexity index is 266. The first-order chi connectivity index (χ1) is 7.86. The molecule has 0 bridgehead atoms. The minimum Gasteiger partial charge on any atom is -0.313 e. The van der Waals surface area contributed by atoms with E-state index in [1.54, 1.807) is 0 Å². The Balaban J connectivity index is 2.11. The molecule has 0 spiro atoms. The third-order valence-electron chi connectivity index (χ3n) is 2.50. The third-order valence-corrected chi connectivity index (χ3v) is 3.97. The molecule has 0 fully saturated rings. The van der Waals surface area contributed by atoms with Gasteiger partial charge >= 0.3 is 0 Å². The molecule has 0 saturated heterocycles. The molecule has 1 N–H and O–H groups in total. The largest absolute Gasteiger partial charge is 0.313 e. The summed E-state index contributed by atoms with van der Waals surface area (Å²) in [7, 11) is 0. The van der Waals surface area contributed by atoms with Gasteiger partial charge in [-0.25, -0.2) is 0 Å². The average Bonchev–Trinajstić information content (AvgIpc) is 2.34. The van der Waals surface area contributed by atoms with Crippen LogP contribution in [0, 0.1) is 0 Å². The number of thioether (sulfide) groups is 1. The predicted octanol–water partition coefficient (Wildman–Crippen LogP) is 3.93. The second-order valence-electron chi connectivity index (χ2n) is 3.70. The van der Waals surface area contributed by atoms with Crippen LogP contribution in [0.5, 0.6) is 0 Å². The van der Waals surface area contributed by atoms with E-state index in [4.69, 9.17) is 0 Å². The lowest BCUT2D eigenvalue weighted by Gasteiger charge is -2.15. The van der Waals surface area contributed by atoms with Crippen molar-refractivity contribution < 1.29 is 0 Å². The quantitative estimate of drug-likeness (QED) is 0.443. The summed E-state index contributed by atoms with van der Waals surface area (Å²) in [6, 6.07) is 11.2. The topological polar surface area (TPSA) is 12.0 Å². The second kappa shape index (κ2) is 9.08. The van der Waals surface area contributed by atoms with Gasteiger partial charge in [0.15, 0.2) is 0 Å². The number of hydrogen-bond acceptors (Lipinski definition) is 2. The Morgan fingerprint density at radius 1 is 1.31 bits per heavy atom. The predicted molar refractivity (Wildman–Crippen MR) is 77.7 cm³/mol. The first-order valence-corrected chi connectivity index (χ1v) is 7.94. The van der Waals surface area contributed by atoms with E-state index in [1.165, 1.54) is 17.7 Å². The highest BCUT2D eigenvalue weighted by Gasteiger charge is 2.03. The number of hydrogen-bond donors (Lipinski definition) is 1. The van der Waals surface area contributed by atoms with Crippen LogP contribution in [0.15, 0.2) is 35.2 Å². The highest BCUT2D eigenvalue weighted by molar-refractivity contribution is 9.09. The van der Waals surface area contributed by atoms with Crippen LogP contribution >= 0.6 is 27.7 Å². The highest BCUT2D eigenvalue weighted by Crippen LogP contribution is 2.15. The van der Waals surface area contributed by atoms with Crippen LogP contribution < -0.4 is 5.32 Å². The van der Waals surface area contributed by atoms with E-state index in [2.05, 4.69) is 58.5 Å². The molecule has 1 rings (SSSR count). The van der Waals surface area contributed by atoms with Gasteiger partial charge in [0.05, 0.1) is 0 Å². The lowest BCUT2D eigenvalue weighted by molar-refractivity contribution is 0.505. The molecule has 0 aromatic heterocycles. The van der Waals surface area contributed by atoms with Crippen molar-refractivity contribution >= 4 is 27.7 Å². The molecule has 0 aliphatic rings. The lowest BCUT2D eigenvalue weighted by Crippen LogP contribution is -2.30. The zero-order valence-corrected chi connectivity index (χ0v) is 12.2. The molecule has 1 aromatic rings. The van der Waals surface area contributed by atoms with E-state index < -0.39 is 0 Å². The van der Waals surface area contributed by atoms with Crippen LogP contribution in [0.4, 0.5) is 0 Å². The van der Waals surface area contributed by atoms with Crippen molar-refractivity contribution in [3.05, 3.63) is 30.3 Å². The fraction of sp³-hybridized carbons (Fsp3) is 0.538. The zero-order valence-electron chi connectivity index (χ0n) is 9.79. The maximum atomic E-state index is 3.59. The average molecular weight is 302 g/mol. The smallest absolute Gasteiger partial charge is 0.0106 e. The molecular formula is C13H20BrNS. The number of rotatable bonds is 8. The van der Waals surface area contributed by atoms with Gasteiger partial charge in [-0.15, -0.1) is 11.8 Å². The zero-order chi connectivity index (χ0) is 11.6. The summed E-state index contributed by atoms with van der Waals surface area (Å²) in [5, 5.41) is 4.68. The Morgan fingerprint density at radius 3 is 2.69 bits per heavy atom.